The number of thioether (sulfide) groups is 1. The van der Waals surface area contributed by atoms with Crippen LogP contribution in [0.25, 0.3) is 0 Å². The fourth-order valence-electron chi connectivity index (χ4n) is 2.37. The van der Waals surface area contributed by atoms with Crippen molar-refractivity contribution in [3.63, 3.8) is 0 Å². The molecule has 1 fully saturated rings. The molecule has 1 unspecified atom stereocenters. The van der Waals surface area contributed by atoms with Gasteiger partial charge in [0.15, 0.2) is 5.17 Å². The smallest absolute Gasteiger partial charge is 0.247 e. The summed E-state index contributed by atoms with van der Waals surface area (Å²) in [6.45, 7) is 1.84. The van der Waals surface area contributed by atoms with E-state index in [2.05, 4.69) is 10.2 Å². The van der Waals surface area contributed by atoms with Crippen LogP contribution in [0.2, 0.25) is 0 Å². The normalized spacial score (nSPS) is 18.9. The molecule has 128 valence electrons. The minimum absolute atomic E-state index is 0.0994. The number of amidine groups is 1. The maximum absolute atomic E-state index is 12.5. The Morgan fingerprint density at radius 1 is 1.20 bits per heavy atom. The molecule has 25 heavy (non-hydrogen) atoms. The number of nitrogens with two attached hydrogens (primary N) is 1. The van der Waals surface area contributed by atoms with Gasteiger partial charge in [-0.15, -0.1) is 16.4 Å². The van der Waals surface area contributed by atoms with Crippen LogP contribution in [0, 0.1) is 0 Å². The number of carbonyl (C=O) groups excluding carboxylic acids is 2. The van der Waals surface area contributed by atoms with E-state index in [1.54, 1.807) is 35.6 Å². The van der Waals surface area contributed by atoms with E-state index in [0.717, 1.165) is 22.4 Å². The molecule has 2 N–H and O–H groups in total. The highest BCUT2D eigenvalue weighted by molar-refractivity contribution is 8.14. The first-order chi connectivity index (χ1) is 12.1. The number of carbonyl (C=O) groups is 2. The molecule has 0 aliphatic carbocycles. The molecule has 2 amide bonds. The van der Waals surface area contributed by atoms with E-state index in [0.29, 0.717) is 5.69 Å². The highest BCUT2D eigenvalue weighted by atomic mass is 32.2. The lowest BCUT2D eigenvalue weighted by Crippen LogP contribution is -2.31. The Labute approximate surface area is 153 Å². The summed E-state index contributed by atoms with van der Waals surface area (Å²) >= 11 is 2.63. The van der Waals surface area contributed by atoms with Crippen molar-refractivity contribution in [1.29, 1.82) is 0 Å². The van der Waals surface area contributed by atoms with Gasteiger partial charge in [0.2, 0.25) is 11.8 Å². The predicted octanol–water partition coefficient (Wildman–Crippen LogP) is 2.85. The number of anilines is 1. The standard InChI is InChI=1S/C17H16N4O2S2/c1-11(13-8-5-9-24-13)19-20-17(18)25-14-10-15(22)21(16(14)23)12-6-3-2-4-7-12/h2-9,14H,10H2,1H3,(H2,18,20). The lowest BCUT2D eigenvalue weighted by Gasteiger charge is -2.14. The van der Waals surface area contributed by atoms with Crippen molar-refractivity contribution in [2.75, 3.05) is 4.90 Å². The van der Waals surface area contributed by atoms with Gasteiger partial charge in [0.05, 0.1) is 16.3 Å². The number of rotatable bonds is 4. The van der Waals surface area contributed by atoms with Crippen LogP contribution in [0.1, 0.15) is 18.2 Å². The zero-order chi connectivity index (χ0) is 17.8. The van der Waals surface area contributed by atoms with Gasteiger partial charge in [0, 0.05) is 6.42 Å². The number of hydrogen-bond acceptors (Lipinski definition) is 6. The third-order valence-corrected chi connectivity index (χ3v) is 5.51. The summed E-state index contributed by atoms with van der Waals surface area (Å²) in [6.07, 6.45) is 0.0994. The summed E-state index contributed by atoms with van der Waals surface area (Å²) < 4.78 is 0. The summed E-state index contributed by atoms with van der Waals surface area (Å²) in [5, 5.41) is 9.60. The van der Waals surface area contributed by atoms with Crippen molar-refractivity contribution in [1.82, 2.24) is 0 Å². The minimum Gasteiger partial charge on any atom is -0.377 e. The van der Waals surface area contributed by atoms with Gasteiger partial charge in [-0.3, -0.25) is 9.59 Å². The van der Waals surface area contributed by atoms with Gasteiger partial charge >= 0.3 is 0 Å². The maximum atomic E-state index is 12.5. The summed E-state index contributed by atoms with van der Waals surface area (Å²) in [5.74, 6) is -0.516. The summed E-state index contributed by atoms with van der Waals surface area (Å²) in [4.78, 5) is 26.9. The van der Waals surface area contributed by atoms with Gasteiger partial charge in [-0.1, -0.05) is 36.0 Å². The van der Waals surface area contributed by atoms with Crippen LogP contribution < -0.4 is 10.6 Å². The van der Waals surface area contributed by atoms with Crippen LogP contribution in [0.3, 0.4) is 0 Å². The van der Waals surface area contributed by atoms with Gasteiger partial charge < -0.3 is 5.73 Å². The second-order valence-corrected chi connectivity index (χ2v) is 7.49. The van der Waals surface area contributed by atoms with Crippen molar-refractivity contribution in [3.8, 4) is 0 Å². The molecule has 1 atom stereocenters. The number of nitrogens with zero attached hydrogens (tertiary/aromatic N) is 3. The number of amides is 2. The molecule has 1 aromatic heterocycles. The number of hydrogen-bond donors (Lipinski definition) is 1. The first kappa shape index (κ1) is 17.4. The third-order valence-electron chi connectivity index (χ3n) is 3.56. The number of imide groups is 1. The van der Waals surface area contributed by atoms with E-state index in [1.807, 2.05) is 30.5 Å². The minimum atomic E-state index is -0.575. The second-order valence-electron chi connectivity index (χ2n) is 5.31. The highest BCUT2D eigenvalue weighted by Crippen LogP contribution is 2.29. The van der Waals surface area contributed by atoms with Crippen LogP contribution in [0.15, 0.2) is 58.0 Å². The molecule has 8 heteroatoms. The molecule has 3 rings (SSSR count). The molecule has 1 aromatic carbocycles. The van der Waals surface area contributed by atoms with E-state index in [-0.39, 0.29) is 23.4 Å². The fourth-order valence-corrected chi connectivity index (χ4v) is 3.86. The van der Waals surface area contributed by atoms with E-state index in [1.165, 1.54) is 4.90 Å². The molecule has 0 saturated carbocycles. The Hall–Kier alpha value is -2.45. The monoisotopic (exact) mass is 372 g/mol. The zero-order valence-corrected chi connectivity index (χ0v) is 15.1. The molecular formula is C17H16N4O2S2. The van der Waals surface area contributed by atoms with Crippen molar-refractivity contribution in [3.05, 3.63) is 52.7 Å². The average Bonchev–Trinajstić information content (AvgIpc) is 3.23. The number of thiophene rings is 1. The Bertz CT molecular complexity index is 832. The largest absolute Gasteiger partial charge is 0.377 e. The molecule has 6 nitrogen and oxygen atoms in total. The summed E-state index contributed by atoms with van der Waals surface area (Å²) in [7, 11) is 0. The van der Waals surface area contributed by atoms with Crippen LogP contribution in [-0.4, -0.2) is 27.9 Å². The Morgan fingerprint density at radius 3 is 2.64 bits per heavy atom. The van der Waals surface area contributed by atoms with Crippen LogP contribution in [0.5, 0.6) is 0 Å². The quantitative estimate of drug-likeness (QED) is 0.387. The average molecular weight is 372 g/mol. The van der Waals surface area contributed by atoms with E-state index in [9.17, 15) is 9.59 Å². The van der Waals surface area contributed by atoms with Crippen LogP contribution >= 0.6 is 23.1 Å². The van der Waals surface area contributed by atoms with Gasteiger partial charge in [0.25, 0.3) is 0 Å². The topological polar surface area (TPSA) is 88.1 Å². The molecule has 1 aliphatic heterocycles. The molecule has 0 radical (unpaired) electrons. The highest BCUT2D eigenvalue weighted by Gasteiger charge is 2.40. The molecule has 1 saturated heterocycles. The lowest BCUT2D eigenvalue weighted by atomic mass is 10.3. The molecule has 2 heterocycles. The second kappa shape index (κ2) is 7.62. The Morgan fingerprint density at radius 2 is 1.96 bits per heavy atom. The molecule has 2 aromatic rings. The third kappa shape index (κ3) is 3.97. The molecule has 0 spiro atoms. The molecule has 0 bridgehead atoms. The van der Waals surface area contributed by atoms with E-state index < -0.39 is 5.25 Å². The van der Waals surface area contributed by atoms with Crippen molar-refractivity contribution in [2.24, 2.45) is 15.9 Å². The first-order valence-corrected chi connectivity index (χ1v) is 9.32. The SMILES string of the molecule is CC(=NN=C(N)SC1CC(=O)N(c2ccccc2)C1=O)c1cccs1. The molecule has 1 aliphatic rings. The fraction of sp³-hybridized carbons (Fsp3) is 0.176. The number of benzene rings is 1. The van der Waals surface area contributed by atoms with E-state index in [4.69, 9.17) is 5.73 Å². The first-order valence-electron chi connectivity index (χ1n) is 7.56. The van der Waals surface area contributed by atoms with Crippen molar-refractivity contribution >= 4 is 51.5 Å². The zero-order valence-electron chi connectivity index (χ0n) is 13.5. The van der Waals surface area contributed by atoms with Crippen molar-refractivity contribution < 1.29 is 9.59 Å². The maximum Gasteiger partial charge on any atom is 0.247 e. The predicted molar refractivity (Wildman–Crippen MR) is 103 cm³/mol. The summed E-state index contributed by atoms with van der Waals surface area (Å²) in [6, 6.07) is 12.7. The Balaban J connectivity index is 1.69. The van der Waals surface area contributed by atoms with E-state index >= 15 is 0 Å². The summed E-state index contributed by atoms with van der Waals surface area (Å²) in [5.41, 5.74) is 7.19. The Kier molecular flexibility index (Phi) is 5.30. The van der Waals surface area contributed by atoms with Gasteiger partial charge in [0.1, 0.15) is 5.25 Å². The number of para-hydroxylation sites is 1. The van der Waals surface area contributed by atoms with Gasteiger partial charge in [-0.05, 0) is 30.5 Å². The van der Waals surface area contributed by atoms with Crippen LogP contribution in [0.4, 0.5) is 5.69 Å². The van der Waals surface area contributed by atoms with Gasteiger partial charge in [-0.25, -0.2) is 4.90 Å². The molecular weight excluding hydrogens is 356 g/mol. The lowest BCUT2D eigenvalue weighted by molar-refractivity contribution is -0.121. The van der Waals surface area contributed by atoms with Crippen molar-refractivity contribution in [2.45, 2.75) is 18.6 Å². The van der Waals surface area contributed by atoms with Crippen LogP contribution in [-0.2, 0) is 9.59 Å². The van der Waals surface area contributed by atoms with Gasteiger partial charge in [-0.2, -0.15) is 5.10 Å².